The van der Waals surface area contributed by atoms with Gasteiger partial charge in [0.05, 0.1) is 15.1 Å². The maximum Gasteiger partial charge on any atom is 0.279 e. The van der Waals surface area contributed by atoms with Gasteiger partial charge in [0.2, 0.25) is 10.0 Å². The molecule has 0 N–H and O–H groups in total. The van der Waals surface area contributed by atoms with Gasteiger partial charge in [-0.3, -0.25) is 4.79 Å². The van der Waals surface area contributed by atoms with Crippen molar-refractivity contribution in [2.45, 2.75) is 62.9 Å². The van der Waals surface area contributed by atoms with E-state index in [1.807, 2.05) is 16.7 Å². The maximum atomic E-state index is 13.1. The van der Waals surface area contributed by atoms with Gasteiger partial charge in [-0.25, -0.2) is 8.42 Å². The third kappa shape index (κ3) is 4.81. The third-order valence-electron chi connectivity index (χ3n) is 6.86. The van der Waals surface area contributed by atoms with Crippen LogP contribution in [-0.4, -0.2) is 49.5 Å². The smallest absolute Gasteiger partial charge is 0.279 e. The number of hydrogen-bond donors (Lipinski definition) is 0. The number of hydrogen-bond acceptors (Lipinski definition) is 6. The van der Waals surface area contributed by atoms with Crippen LogP contribution in [0.15, 0.2) is 46.3 Å². The molecule has 2 heterocycles. The van der Waals surface area contributed by atoms with Crippen LogP contribution in [0.4, 0.5) is 0 Å². The predicted octanol–water partition coefficient (Wildman–Crippen LogP) is 4.58. The lowest BCUT2D eigenvalue weighted by Crippen LogP contribution is -2.38. The van der Waals surface area contributed by atoms with Gasteiger partial charge < -0.3 is 14.0 Å². The zero-order valence-corrected chi connectivity index (χ0v) is 22.2. The lowest BCUT2D eigenvalue weighted by atomic mass is 9.96. The first-order chi connectivity index (χ1) is 17.4. The van der Waals surface area contributed by atoms with Gasteiger partial charge in [-0.15, -0.1) is 0 Å². The molecule has 5 rings (SSSR count). The molecule has 1 aliphatic carbocycles. The first kappa shape index (κ1) is 25.0. The lowest BCUT2D eigenvalue weighted by molar-refractivity contribution is 0.0997. The fourth-order valence-corrected chi connectivity index (χ4v) is 7.34. The number of rotatable bonds is 6. The van der Waals surface area contributed by atoms with Gasteiger partial charge in [-0.2, -0.15) is 9.30 Å². The first-order valence-electron chi connectivity index (χ1n) is 12.5. The van der Waals surface area contributed by atoms with Crippen LogP contribution in [0.2, 0.25) is 0 Å². The Kier molecular flexibility index (Phi) is 7.18. The highest BCUT2D eigenvalue weighted by Crippen LogP contribution is 2.35. The number of aryl methyl sites for hydroxylation is 1. The van der Waals surface area contributed by atoms with Crippen LogP contribution in [0.3, 0.4) is 0 Å². The summed E-state index contributed by atoms with van der Waals surface area (Å²) in [6.45, 7) is 3.80. The zero-order valence-electron chi connectivity index (χ0n) is 20.6. The van der Waals surface area contributed by atoms with Crippen molar-refractivity contribution in [1.82, 2.24) is 8.87 Å². The summed E-state index contributed by atoms with van der Waals surface area (Å²) in [6.07, 6.45) is 5.92. The number of sulfonamides is 1. The van der Waals surface area contributed by atoms with E-state index in [-0.39, 0.29) is 10.9 Å². The van der Waals surface area contributed by atoms with Crippen LogP contribution in [0.25, 0.3) is 10.2 Å². The molecule has 8 nitrogen and oxygen atoms in total. The summed E-state index contributed by atoms with van der Waals surface area (Å²) >= 11 is 1.42. The van der Waals surface area contributed by atoms with Gasteiger partial charge in [-0.1, -0.05) is 37.5 Å². The fraction of sp³-hybridized carbons (Fsp3) is 0.462. The lowest BCUT2D eigenvalue weighted by Gasteiger charge is -2.30. The molecule has 0 bridgehead atoms. The van der Waals surface area contributed by atoms with Crippen LogP contribution < -0.4 is 14.3 Å². The molecule has 2 aromatic carbocycles. The van der Waals surface area contributed by atoms with Crippen molar-refractivity contribution >= 4 is 37.5 Å². The van der Waals surface area contributed by atoms with Crippen LogP contribution in [0.1, 0.15) is 55.8 Å². The highest BCUT2D eigenvalue weighted by molar-refractivity contribution is 7.89. The number of fused-ring (bicyclic) bond motifs is 2. The second-order valence-electron chi connectivity index (χ2n) is 9.25. The molecule has 1 aliphatic heterocycles. The van der Waals surface area contributed by atoms with Gasteiger partial charge in [0, 0.05) is 37.3 Å². The van der Waals surface area contributed by atoms with Crippen LogP contribution >= 0.6 is 11.3 Å². The number of amides is 1. The second-order valence-corrected chi connectivity index (χ2v) is 12.3. The van der Waals surface area contributed by atoms with Gasteiger partial charge in [0.25, 0.3) is 5.91 Å². The summed E-state index contributed by atoms with van der Waals surface area (Å²) in [6, 6.07) is 10.0. The van der Waals surface area contributed by atoms with Crippen molar-refractivity contribution in [1.29, 1.82) is 0 Å². The van der Waals surface area contributed by atoms with E-state index >= 15 is 0 Å². The van der Waals surface area contributed by atoms with Crippen molar-refractivity contribution in [2.24, 2.45) is 4.99 Å². The van der Waals surface area contributed by atoms with Gasteiger partial charge in [0.1, 0.15) is 13.2 Å². The quantitative estimate of drug-likeness (QED) is 0.466. The molecule has 0 spiro atoms. The van der Waals surface area contributed by atoms with Crippen molar-refractivity contribution < 1.29 is 22.7 Å². The van der Waals surface area contributed by atoms with Gasteiger partial charge in [-0.05, 0) is 43.5 Å². The van der Waals surface area contributed by atoms with Gasteiger partial charge >= 0.3 is 0 Å². The number of ether oxygens (including phenoxy) is 2. The largest absolute Gasteiger partial charge is 0.486 e. The molecule has 1 saturated carbocycles. The highest BCUT2D eigenvalue weighted by atomic mass is 32.2. The van der Waals surface area contributed by atoms with E-state index in [4.69, 9.17) is 9.47 Å². The number of thiazole rings is 1. The van der Waals surface area contributed by atoms with E-state index in [1.54, 1.807) is 19.2 Å². The zero-order chi connectivity index (χ0) is 25.3. The second kappa shape index (κ2) is 10.4. The summed E-state index contributed by atoms with van der Waals surface area (Å²) < 4.78 is 42.2. The van der Waals surface area contributed by atoms with E-state index in [9.17, 15) is 13.2 Å². The number of benzene rings is 2. The number of carbonyl (C=O) groups excluding carboxylic acids is 1. The Balaban J connectivity index is 1.43. The molecule has 0 unspecified atom stereocenters. The molecule has 1 aromatic heterocycles. The molecule has 3 aromatic rings. The molecule has 192 valence electrons. The molecule has 10 heteroatoms. The third-order valence-corrected chi connectivity index (χ3v) is 9.82. The minimum absolute atomic E-state index is 0.0310. The number of aromatic nitrogens is 1. The SMILES string of the molecule is CCCn1c(=NC(=O)c2ccc(S(=O)(=O)N(C)C3CCCCC3)cc2)sc2cc3c(cc21)OCCO3. The summed E-state index contributed by atoms with van der Waals surface area (Å²) in [5.74, 6) is 0.990. The Hall–Kier alpha value is -2.69. The van der Waals surface area contributed by atoms with Crippen LogP contribution in [0.5, 0.6) is 11.5 Å². The molecule has 1 amide bonds. The van der Waals surface area contributed by atoms with Crippen molar-refractivity contribution in [2.75, 3.05) is 20.3 Å². The monoisotopic (exact) mass is 529 g/mol. The van der Waals surface area contributed by atoms with E-state index in [1.165, 1.54) is 27.8 Å². The summed E-state index contributed by atoms with van der Waals surface area (Å²) in [4.78, 5) is 18.3. The molecule has 0 saturated heterocycles. The Labute approximate surface area is 215 Å². The maximum absolute atomic E-state index is 13.1. The minimum atomic E-state index is -3.61. The normalized spacial score (nSPS) is 17.1. The molecule has 2 aliphatic rings. The van der Waals surface area contributed by atoms with Crippen LogP contribution in [-0.2, 0) is 16.6 Å². The molecule has 0 atom stereocenters. The molecule has 36 heavy (non-hydrogen) atoms. The van der Waals surface area contributed by atoms with Crippen molar-refractivity contribution in [3.05, 3.63) is 46.8 Å². The van der Waals surface area contributed by atoms with E-state index in [0.717, 1.165) is 48.7 Å². The summed E-state index contributed by atoms with van der Waals surface area (Å²) in [5, 5.41) is 0. The Morgan fingerprint density at radius 1 is 1.08 bits per heavy atom. The topological polar surface area (TPSA) is 90.2 Å². The number of carbonyl (C=O) groups is 1. The molecular formula is C26H31N3O5S2. The number of nitrogens with zero attached hydrogens (tertiary/aromatic N) is 3. The van der Waals surface area contributed by atoms with Crippen molar-refractivity contribution in [3.63, 3.8) is 0 Å². The fourth-order valence-electron chi connectivity index (χ4n) is 4.86. The van der Waals surface area contributed by atoms with Gasteiger partial charge in [0.15, 0.2) is 16.3 Å². The van der Waals surface area contributed by atoms with Crippen LogP contribution in [0, 0.1) is 0 Å². The highest BCUT2D eigenvalue weighted by Gasteiger charge is 2.29. The standard InChI is InChI=1S/C26H31N3O5S2/c1-3-13-29-21-16-22-23(34-15-14-33-22)17-24(21)35-26(29)27-25(30)18-9-11-20(12-10-18)36(31,32)28(2)19-7-5-4-6-8-19/h9-12,16-17,19H,3-8,13-15H2,1-2H3. The summed E-state index contributed by atoms with van der Waals surface area (Å²) in [5.41, 5.74) is 1.30. The van der Waals surface area contributed by atoms with Crippen molar-refractivity contribution in [3.8, 4) is 11.5 Å². The molecule has 0 radical (unpaired) electrons. The molecular weight excluding hydrogens is 498 g/mol. The Bertz CT molecular complexity index is 1430. The Morgan fingerprint density at radius 2 is 1.75 bits per heavy atom. The first-order valence-corrected chi connectivity index (χ1v) is 14.7. The molecule has 1 fully saturated rings. The average molecular weight is 530 g/mol. The average Bonchev–Trinajstić information content (AvgIpc) is 3.23. The van der Waals surface area contributed by atoms with E-state index in [0.29, 0.717) is 41.6 Å². The summed E-state index contributed by atoms with van der Waals surface area (Å²) in [7, 11) is -1.96. The predicted molar refractivity (Wildman–Crippen MR) is 139 cm³/mol. The Morgan fingerprint density at radius 3 is 2.42 bits per heavy atom. The van der Waals surface area contributed by atoms with E-state index in [2.05, 4.69) is 11.9 Å². The minimum Gasteiger partial charge on any atom is -0.486 e. The van der Waals surface area contributed by atoms with E-state index < -0.39 is 15.9 Å².